The summed E-state index contributed by atoms with van der Waals surface area (Å²) in [5.41, 5.74) is 3.96. The third-order valence-corrected chi connectivity index (χ3v) is 4.39. The molecule has 3 rings (SSSR count). The van der Waals surface area contributed by atoms with Gasteiger partial charge in [0.15, 0.2) is 0 Å². The molecule has 0 aliphatic heterocycles. The van der Waals surface area contributed by atoms with Crippen molar-refractivity contribution in [3.8, 4) is 0 Å². The van der Waals surface area contributed by atoms with Gasteiger partial charge in [-0.05, 0) is 36.6 Å². The Kier molecular flexibility index (Phi) is 5.68. The predicted molar refractivity (Wildman–Crippen MR) is 105 cm³/mol. The molecule has 0 spiro atoms. The molecule has 0 aliphatic rings. The standard InChI is InChI=1S/C21H26N4O/c1-15(2)18-8-4-5-9-19(18)24-21(26)12-16(3)22-13-17-14-25-11-7-6-10-20(25)23-17/h4-11,14-16,22H,12-13H2,1-3H3,(H,24,26)/t16-/m1/s1. The van der Waals surface area contributed by atoms with Crippen LogP contribution >= 0.6 is 0 Å². The highest BCUT2D eigenvalue weighted by molar-refractivity contribution is 5.92. The molecule has 2 N–H and O–H groups in total. The summed E-state index contributed by atoms with van der Waals surface area (Å²) in [6, 6.07) is 14.0. The fourth-order valence-corrected chi connectivity index (χ4v) is 3.02. The third-order valence-electron chi connectivity index (χ3n) is 4.39. The summed E-state index contributed by atoms with van der Waals surface area (Å²) < 4.78 is 2.00. The molecule has 0 saturated heterocycles. The van der Waals surface area contributed by atoms with Gasteiger partial charge in [-0.3, -0.25) is 4.79 Å². The molecular weight excluding hydrogens is 324 g/mol. The molecule has 1 amide bonds. The minimum atomic E-state index is 0.0214. The van der Waals surface area contributed by atoms with Gasteiger partial charge in [0.25, 0.3) is 0 Å². The zero-order valence-corrected chi connectivity index (χ0v) is 15.6. The Hall–Kier alpha value is -2.66. The first-order valence-corrected chi connectivity index (χ1v) is 9.07. The van der Waals surface area contributed by atoms with E-state index in [1.165, 1.54) is 0 Å². The molecule has 0 radical (unpaired) electrons. The average molecular weight is 350 g/mol. The van der Waals surface area contributed by atoms with Crippen LogP contribution in [0, 0.1) is 0 Å². The van der Waals surface area contributed by atoms with E-state index in [0.717, 1.165) is 22.6 Å². The zero-order valence-electron chi connectivity index (χ0n) is 15.6. The summed E-state index contributed by atoms with van der Waals surface area (Å²) in [6.07, 6.45) is 4.41. The maximum absolute atomic E-state index is 12.4. The van der Waals surface area contributed by atoms with Gasteiger partial charge in [0.2, 0.25) is 5.91 Å². The molecule has 1 aromatic carbocycles. The maximum atomic E-state index is 12.4. The highest BCUT2D eigenvalue weighted by Gasteiger charge is 2.12. The molecule has 3 aromatic rings. The van der Waals surface area contributed by atoms with Gasteiger partial charge in [0.1, 0.15) is 5.65 Å². The largest absolute Gasteiger partial charge is 0.326 e. The van der Waals surface area contributed by atoms with Crippen molar-refractivity contribution in [2.24, 2.45) is 0 Å². The summed E-state index contributed by atoms with van der Waals surface area (Å²) in [5, 5.41) is 6.42. The number of imidazole rings is 1. The van der Waals surface area contributed by atoms with Crippen LogP contribution in [0.1, 0.15) is 44.4 Å². The summed E-state index contributed by atoms with van der Waals surface area (Å²) in [7, 11) is 0. The number of hydrogen-bond donors (Lipinski definition) is 2. The Morgan fingerprint density at radius 3 is 2.65 bits per heavy atom. The predicted octanol–water partition coefficient (Wildman–Crippen LogP) is 3.96. The lowest BCUT2D eigenvalue weighted by atomic mass is 10.0. The number of hydrogen-bond acceptors (Lipinski definition) is 3. The number of rotatable bonds is 7. The fourth-order valence-electron chi connectivity index (χ4n) is 3.02. The summed E-state index contributed by atoms with van der Waals surface area (Å²) in [5.74, 6) is 0.394. The molecular formula is C21H26N4O. The number of para-hydroxylation sites is 1. The number of nitrogens with zero attached hydrogens (tertiary/aromatic N) is 2. The van der Waals surface area contributed by atoms with Crippen LogP contribution in [0.4, 0.5) is 5.69 Å². The van der Waals surface area contributed by atoms with E-state index >= 15 is 0 Å². The second kappa shape index (κ2) is 8.15. The van der Waals surface area contributed by atoms with Crippen LogP contribution in [0.5, 0.6) is 0 Å². The van der Waals surface area contributed by atoms with Crippen LogP contribution in [0.3, 0.4) is 0 Å². The van der Waals surface area contributed by atoms with Gasteiger partial charge in [-0.2, -0.15) is 0 Å². The van der Waals surface area contributed by atoms with Crippen molar-refractivity contribution < 1.29 is 4.79 Å². The Balaban J connectivity index is 1.53. The summed E-state index contributed by atoms with van der Waals surface area (Å²) in [6.45, 7) is 6.91. The van der Waals surface area contributed by atoms with E-state index in [1.54, 1.807) is 0 Å². The number of benzene rings is 1. The molecule has 0 bridgehead atoms. The van der Waals surface area contributed by atoms with E-state index < -0.39 is 0 Å². The quantitative estimate of drug-likeness (QED) is 0.678. The van der Waals surface area contributed by atoms with Crippen molar-refractivity contribution in [2.75, 3.05) is 5.32 Å². The van der Waals surface area contributed by atoms with E-state index in [1.807, 2.05) is 60.1 Å². The van der Waals surface area contributed by atoms with E-state index in [2.05, 4.69) is 35.5 Å². The van der Waals surface area contributed by atoms with E-state index in [-0.39, 0.29) is 11.9 Å². The lowest BCUT2D eigenvalue weighted by Gasteiger charge is -2.16. The first-order valence-electron chi connectivity index (χ1n) is 9.07. The lowest BCUT2D eigenvalue weighted by Crippen LogP contribution is -2.30. The van der Waals surface area contributed by atoms with Crippen LogP contribution < -0.4 is 10.6 Å². The van der Waals surface area contributed by atoms with Gasteiger partial charge in [-0.25, -0.2) is 4.98 Å². The Morgan fingerprint density at radius 1 is 1.12 bits per heavy atom. The Bertz CT molecular complexity index is 851. The molecule has 0 aliphatic carbocycles. The monoisotopic (exact) mass is 350 g/mol. The molecule has 0 saturated carbocycles. The average Bonchev–Trinajstić information content (AvgIpc) is 3.03. The fraction of sp³-hybridized carbons (Fsp3) is 0.333. The Morgan fingerprint density at radius 2 is 1.88 bits per heavy atom. The molecule has 5 heteroatoms. The third kappa shape index (κ3) is 4.49. The molecule has 5 nitrogen and oxygen atoms in total. The number of nitrogens with one attached hydrogen (secondary N) is 2. The first-order chi connectivity index (χ1) is 12.5. The minimum absolute atomic E-state index is 0.0214. The van der Waals surface area contributed by atoms with Gasteiger partial charge in [-0.1, -0.05) is 38.1 Å². The number of amides is 1. The van der Waals surface area contributed by atoms with E-state index in [9.17, 15) is 4.79 Å². The minimum Gasteiger partial charge on any atom is -0.326 e. The van der Waals surface area contributed by atoms with E-state index in [0.29, 0.717) is 18.9 Å². The first kappa shape index (κ1) is 18.1. The van der Waals surface area contributed by atoms with Crippen molar-refractivity contribution in [2.45, 2.75) is 45.7 Å². The van der Waals surface area contributed by atoms with Gasteiger partial charge in [-0.15, -0.1) is 0 Å². The zero-order chi connectivity index (χ0) is 18.5. The van der Waals surface area contributed by atoms with Crippen molar-refractivity contribution in [3.63, 3.8) is 0 Å². The Labute approximate surface area is 154 Å². The number of pyridine rings is 1. The number of fused-ring (bicyclic) bond motifs is 1. The molecule has 136 valence electrons. The van der Waals surface area contributed by atoms with Gasteiger partial charge in [0, 0.05) is 37.1 Å². The number of carbonyl (C=O) groups excluding carboxylic acids is 1. The molecule has 0 fully saturated rings. The molecule has 0 unspecified atom stereocenters. The normalized spacial score (nSPS) is 12.5. The van der Waals surface area contributed by atoms with Crippen LogP contribution in [-0.2, 0) is 11.3 Å². The molecule has 1 atom stereocenters. The van der Waals surface area contributed by atoms with Crippen molar-refractivity contribution in [1.82, 2.24) is 14.7 Å². The second-order valence-corrected chi connectivity index (χ2v) is 6.97. The number of aromatic nitrogens is 2. The van der Waals surface area contributed by atoms with Gasteiger partial charge < -0.3 is 15.0 Å². The second-order valence-electron chi connectivity index (χ2n) is 6.97. The van der Waals surface area contributed by atoms with Crippen LogP contribution in [-0.4, -0.2) is 21.3 Å². The van der Waals surface area contributed by atoms with Crippen LogP contribution in [0.2, 0.25) is 0 Å². The summed E-state index contributed by atoms with van der Waals surface area (Å²) in [4.78, 5) is 16.9. The highest BCUT2D eigenvalue weighted by atomic mass is 16.1. The van der Waals surface area contributed by atoms with Gasteiger partial charge >= 0.3 is 0 Å². The van der Waals surface area contributed by atoms with Crippen LogP contribution in [0.15, 0.2) is 54.9 Å². The van der Waals surface area contributed by atoms with Crippen molar-refractivity contribution in [3.05, 3.63) is 66.1 Å². The SMILES string of the molecule is CC(C)c1ccccc1NC(=O)C[C@@H](C)NCc1cn2ccccc2n1. The molecule has 2 aromatic heterocycles. The molecule has 2 heterocycles. The number of anilines is 1. The highest BCUT2D eigenvalue weighted by Crippen LogP contribution is 2.23. The lowest BCUT2D eigenvalue weighted by molar-refractivity contribution is -0.116. The molecule has 26 heavy (non-hydrogen) atoms. The van der Waals surface area contributed by atoms with Gasteiger partial charge in [0.05, 0.1) is 5.69 Å². The summed E-state index contributed by atoms with van der Waals surface area (Å²) >= 11 is 0. The topological polar surface area (TPSA) is 58.4 Å². The maximum Gasteiger partial charge on any atom is 0.225 e. The van der Waals surface area contributed by atoms with Crippen LogP contribution in [0.25, 0.3) is 5.65 Å². The van der Waals surface area contributed by atoms with Crippen molar-refractivity contribution in [1.29, 1.82) is 0 Å². The smallest absolute Gasteiger partial charge is 0.225 e. The van der Waals surface area contributed by atoms with Crippen molar-refractivity contribution >= 4 is 17.2 Å². The van der Waals surface area contributed by atoms with E-state index in [4.69, 9.17) is 0 Å². The number of carbonyl (C=O) groups is 1.